The van der Waals surface area contributed by atoms with Crippen LogP contribution in [0.5, 0.6) is 5.75 Å². The Hall–Kier alpha value is -5.45. The van der Waals surface area contributed by atoms with Crippen LogP contribution in [0.1, 0.15) is 27.2 Å². The van der Waals surface area contributed by atoms with Crippen molar-refractivity contribution in [2.24, 2.45) is 0 Å². The van der Waals surface area contributed by atoms with E-state index in [2.05, 4.69) is 25.9 Å². The van der Waals surface area contributed by atoms with Gasteiger partial charge < -0.3 is 30.7 Å². The SMILES string of the molecule is COc1cc(NC(=O)c2cc(C(F)(F)F)c3cc[nH]c3c2)cc(Nc2ccc3c(c2)NC(=O)C3=Cc2ccc[nH]2)c1. The van der Waals surface area contributed by atoms with Crippen LogP contribution in [0.25, 0.3) is 22.6 Å². The van der Waals surface area contributed by atoms with Crippen LogP contribution in [0.15, 0.2) is 79.1 Å². The monoisotopic (exact) mass is 557 g/mol. The van der Waals surface area contributed by atoms with E-state index >= 15 is 0 Å². The lowest BCUT2D eigenvalue weighted by atomic mass is 10.0. The van der Waals surface area contributed by atoms with E-state index in [0.29, 0.717) is 34.1 Å². The third kappa shape index (κ3) is 5.12. The molecule has 5 aromatic rings. The molecule has 41 heavy (non-hydrogen) atoms. The fourth-order valence-corrected chi connectivity index (χ4v) is 4.77. The minimum Gasteiger partial charge on any atom is -0.497 e. The highest BCUT2D eigenvalue weighted by molar-refractivity contribution is 6.35. The molecule has 0 unspecified atom stereocenters. The first-order valence-electron chi connectivity index (χ1n) is 12.4. The van der Waals surface area contributed by atoms with Gasteiger partial charge >= 0.3 is 6.18 Å². The Kier molecular flexibility index (Phi) is 6.26. The van der Waals surface area contributed by atoms with Crippen LogP contribution in [0.2, 0.25) is 0 Å². The van der Waals surface area contributed by atoms with Crippen LogP contribution in [-0.2, 0) is 11.0 Å². The van der Waals surface area contributed by atoms with Gasteiger partial charge in [0.25, 0.3) is 11.8 Å². The van der Waals surface area contributed by atoms with E-state index in [4.69, 9.17) is 4.74 Å². The van der Waals surface area contributed by atoms with E-state index in [9.17, 15) is 22.8 Å². The van der Waals surface area contributed by atoms with Crippen LogP contribution in [-0.4, -0.2) is 28.9 Å². The quantitative estimate of drug-likeness (QED) is 0.145. The molecule has 5 N–H and O–H groups in total. The van der Waals surface area contributed by atoms with E-state index in [-0.39, 0.29) is 22.4 Å². The van der Waals surface area contributed by atoms with Crippen molar-refractivity contribution in [1.29, 1.82) is 0 Å². The first-order valence-corrected chi connectivity index (χ1v) is 12.4. The second-order valence-electron chi connectivity index (χ2n) is 9.39. The number of ether oxygens (including phenoxy) is 1. The van der Waals surface area contributed by atoms with Crippen LogP contribution in [0, 0.1) is 0 Å². The minimum atomic E-state index is -4.63. The van der Waals surface area contributed by atoms with Gasteiger partial charge in [-0.2, -0.15) is 13.2 Å². The van der Waals surface area contributed by atoms with Gasteiger partial charge in [0.15, 0.2) is 0 Å². The van der Waals surface area contributed by atoms with Crippen LogP contribution >= 0.6 is 0 Å². The maximum absolute atomic E-state index is 13.6. The third-order valence-electron chi connectivity index (χ3n) is 6.65. The predicted octanol–water partition coefficient (Wildman–Crippen LogP) is 7.01. The van der Waals surface area contributed by atoms with Crippen molar-refractivity contribution in [2.45, 2.75) is 6.18 Å². The lowest BCUT2D eigenvalue weighted by Gasteiger charge is -2.14. The van der Waals surface area contributed by atoms with Gasteiger partial charge in [0, 0.05) is 69.3 Å². The second kappa shape index (κ2) is 9.94. The molecule has 0 radical (unpaired) electrons. The lowest BCUT2D eigenvalue weighted by Crippen LogP contribution is -2.14. The molecule has 0 bridgehead atoms. The minimum absolute atomic E-state index is 0.0145. The molecule has 0 fully saturated rings. The molecule has 6 rings (SSSR count). The van der Waals surface area contributed by atoms with E-state index in [1.165, 1.54) is 25.4 Å². The summed E-state index contributed by atoms with van der Waals surface area (Å²) in [6.45, 7) is 0. The van der Waals surface area contributed by atoms with Gasteiger partial charge in [0.1, 0.15) is 5.75 Å². The largest absolute Gasteiger partial charge is 0.497 e. The number of anilines is 4. The number of carbonyl (C=O) groups is 2. The number of carbonyl (C=O) groups excluding carboxylic acids is 2. The zero-order valence-corrected chi connectivity index (χ0v) is 21.4. The highest BCUT2D eigenvalue weighted by Crippen LogP contribution is 2.37. The zero-order chi connectivity index (χ0) is 28.7. The van der Waals surface area contributed by atoms with E-state index < -0.39 is 17.6 Å². The number of alkyl halides is 3. The summed E-state index contributed by atoms with van der Waals surface area (Å²) in [6.07, 6.45) is 0.317. The summed E-state index contributed by atoms with van der Waals surface area (Å²) in [5.41, 5.74) is 3.39. The molecular formula is C30H22F3N5O3. The fourth-order valence-electron chi connectivity index (χ4n) is 4.77. The van der Waals surface area contributed by atoms with Crippen molar-refractivity contribution in [2.75, 3.05) is 23.1 Å². The summed E-state index contributed by atoms with van der Waals surface area (Å²) in [5.74, 6) is -0.524. The standard InChI is InChI=1S/C30H22F3N5O3/c1-41-21-12-19(36-18-4-5-22-24(14-17-3-2-7-34-17)29(40)38-27(22)15-18)11-20(13-21)37-28(39)16-9-25(30(31,32)33)23-6-8-35-26(23)10-16/h2-15,34-36H,1H3,(H,37,39)(H,38,40). The van der Waals surface area contributed by atoms with Crippen molar-refractivity contribution in [3.05, 3.63) is 102 Å². The number of aromatic nitrogens is 2. The molecule has 206 valence electrons. The maximum Gasteiger partial charge on any atom is 0.417 e. The average Bonchev–Trinajstić information content (AvgIpc) is 3.68. The summed E-state index contributed by atoms with van der Waals surface area (Å²) >= 11 is 0. The van der Waals surface area contributed by atoms with Crippen molar-refractivity contribution in [3.8, 4) is 5.75 Å². The Morgan fingerprint density at radius 3 is 2.51 bits per heavy atom. The Bertz CT molecular complexity index is 1840. The Morgan fingerprint density at radius 1 is 0.927 bits per heavy atom. The number of amides is 2. The maximum atomic E-state index is 13.6. The predicted molar refractivity (Wildman–Crippen MR) is 151 cm³/mol. The number of halogens is 3. The molecule has 0 aliphatic carbocycles. The van der Waals surface area contributed by atoms with E-state index in [0.717, 1.165) is 17.3 Å². The van der Waals surface area contributed by atoms with E-state index in [1.807, 2.05) is 24.3 Å². The number of H-pyrrole nitrogens is 2. The molecule has 0 atom stereocenters. The number of nitrogens with one attached hydrogen (secondary N) is 5. The number of fused-ring (bicyclic) bond motifs is 2. The number of benzene rings is 3. The van der Waals surface area contributed by atoms with Crippen LogP contribution < -0.4 is 20.7 Å². The van der Waals surface area contributed by atoms with Gasteiger partial charge in [-0.15, -0.1) is 0 Å². The Labute approximate surface area is 231 Å². The summed E-state index contributed by atoms with van der Waals surface area (Å²) in [7, 11) is 1.46. The summed E-state index contributed by atoms with van der Waals surface area (Å²) in [6, 6.07) is 17.5. The molecule has 0 saturated carbocycles. The zero-order valence-electron chi connectivity index (χ0n) is 21.4. The molecule has 2 aromatic heterocycles. The highest BCUT2D eigenvalue weighted by Gasteiger charge is 2.34. The van der Waals surface area contributed by atoms with Gasteiger partial charge in [0.2, 0.25) is 0 Å². The van der Waals surface area contributed by atoms with E-state index in [1.54, 1.807) is 36.5 Å². The molecule has 2 amide bonds. The molecule has 3 heterocycles. The first kappa shape index (κ1) is 25.8. The first-order chi connectivity index (χ1) is 19.7. The smallest absolute Gasteiger partial charge is 0.417 e. The van der Waals surface area contributed by atoms with Crippen molar-refractivity contribution < 1.29 is 27.5 Å². The molecule has 3 aromatic carbocycles. The lowest BCUT2D eigenvalue weighted by molar-refractivity contribution is -0.136. The van der Waals surface area contributed by atoms with Crippen molar-refractivity contribution in [3.63, 3.8) is 0 Å². The summed E-state index contributed by atoms with van der Waals surface area (Å²) in [5, 5.41) is 8.74. The molecule has 1 aliphatic heterocycles. The number of aromatic amines is 2. The third-order valence-corrected chi connectivity index (χ3v) is 6.65. The number of methoxy groups -OCH3 is 1. The normalized spacial score (nSPS) is 13.8. The Balaban J connectivity index is 1.26. The van der Waals surface area contributed by atoms with Crippen LogP contribution in [0.3, 0.4) is 0 Å². The van der Waals surface area contributed by atoms with Gasteiger partial charge in [0.05, 0.1) is 23.9 Å². The van der Waals surface area contributed by atoms with Gasteiger partial charge in [-0.3, -0.25) is 9.59 Å². The molecule has 1 aliphatic rings. The summed E-state index contributed by atoms with van der Waals surface area (Å²) in [4.78, 5) is 31.4. The molecule has 0 spiro atoms. The average molecular weight is 558 g/mol. The van der Waals surface area contributed by atoms with Crippen molar-refractivity contribution in [1.82, 2.24) is 9.97 Å². The van der Waals surface area contributed by atoms with Gasteiger partial charge in [-0.25, -0.2) is 0 Å². The topological polar surface area (TPSA) is 111 Å². The summed E-state index contributed by atoms with van der Waals surface area (Å²) < 4.78 is 46.3. The number of rotatable bonds is 6. The van der Waals surface area contributed by atoms with Gasteiger partial charge in [-0.1, -0.05) is 6.07 Å². The molecular weight excluding hydrogens is 535 g/mol. The van der Waals surface area contributed by atoms with Gasteiger partial charge in [-0.05, 0) is 54.6 Å². The Morgan fingerprint density at radius 2 is 1.76 bits per heavy atom. The fraction of sp³-hybridized carbons (Fsp3) is 0.0667. The molecule has 8 nitrogen and oxygen atoms in total. The van der Waals surface area contributed by atoms with Crippen molar-refractivity contribution >= 4 is 57.1 Å². The highest BCUT2D eigenvalue weighted by atomic mass is 19.4. The number of hydrogen-bond donors (Lipinski definition) is 5. The van der Waals surface area contributed by atoms with Crippen LogP contribution in [0.4, 0.5) is 35.9 Å². The molecule has 11 heteroatoms. The molecule has 0 saturated heterocycles. The number of hydrogen-bond acceptors (Lipinski definition) is 4. The second-order valence-corrected chi connectivity index (χ2v) is 9.39.